The fourth-order valence-electron chi connectivity index (χ4n) is 2.78. The van der Waals surface area contributed by atoms with E-state index in [4.69, 9.17) is 34.8 Å². The van der Waals surface area contributed by atoms with Crippen LogP contribution < -0.4 is 5.43 Å². The van der Waals surface area contributed by atoms with Crippen LogP contribution in [0.1, 0.15) is 27.3 Å². The van der Waals surface area contributed by atoms with Crippen molar-refractivity contribution in [2.45, 2.75) is 13.8 Å². The van der Waals surface area contributed by atoms with Crippen molar-refractivity contribution in [1.82, 2.24) is 9.99 Å². The highest BCUT2D eigenvalue weighted by molar-refractivity contribution is 6.35. The number of benzene rings is 2. The molecule has 0 aliphatic carbocycles. The number of carbonyl (C=O) groups excluding carboxylic acids is 1. The fraction of sp³-hybridized carbons (Fsp3) is 0.100. The number of hydrazone groups is 1. The summed E-state index contributed by atoms with van der Waals surface area (Å²) in [5.41, 5.74) is 6.64. The highest BCUT2D eigenvalue weighted by Gasteiger charge is 2.12. The summed E-state index contributed by atoms with van der Waals surface area (Å²) in [5.74, 6) is -0.308. The van der Waals surface area contributed by atoms with Gasteiger partial charge in [-0.05, 0) is 62.4 Å². The second kappa shape index (κ2) is 8.17. The average Bonchev–Trinajstić information content (AvgIpc) is 2.90. The maximum atomic E-state index is 12.1. The number of rotatable bonds is 4. The van der Waals surface area contributed by atoms with E-state index in [0.29, 0.717) is 20.6 Å². The molecule has 2 aromatic carbocycles. The summed E-state index contributed by atoms with van der Waals surface area (Å²) in [6.07, 6.45) is 1.61. The van der Waals surface area contributed by atoms with Gasteiger partial charge >= 0.3 is 0 Å². The Balaban J connectivity index is 1.81. The minimum absolute atomic E-state index is 0.308. The molecule has 0 fully saturated rings. The standard InChI is InChI=1S/C20H16Cl3N3O/c1-12-9-15(11-24-25-20(27)14-3-5-16(21)6-4-14)13(2)26(12)19-8-7-17(22)10-18(19)23/h3-11H,1-2H3,(H,25,27)/b24-11-. The van der Waals surface area contributed by atoms with Gasteiger partial charge in [0.2, 0.25) is 0 Å². The molecule has 27 heavy (non-hydrogen) atoms. The monoisotopic (exact) mass is 419 g/mol. The second-order valence-electron chi connectivity index (χ2n) is 5.96. The fourth-order valence-corrected chi connectivity index (χ4v) is 3.40. The number of amides is 1. The molecule has 1 heterocycles. The predicted octanol–water partition coefficient (Wildman–Crippen LogP) is 5.82. The van der Waals surface area contributed by atoms with Crippen molar-refractivity contribution in [1.29, 1.82) is 0 Å². The molecule has 3 aromatic rings. The third-order valence-electron chi connectivity index (χ3n) is 4.10. The molecule has 138 valence electrons. The highest BCUT2D eigenvalue weighted by Crippen LogP contribution is 2.28. The molecular formula is C20H16Cl3N3O. The molecule has 1 amide bonds. The molecule has 0 radical (unpaired) electrons. The zero-order valence-corrected chi connectivity index (χ0v) is 16.9. The SMILES string of the molecule is Cc1cc(/C=N\NC(=O)c2ccc(Cl)cc2)c(C)n1-c1ccc(Cl)cc1Cl. The lowest BCUT2D eigenvalue weighted by Gasteiger charge is -2.11. The lowest BCUT2D eigenvalue weighted by Crippen LogP contribution is -2.17. The Morgan fingerprint density at radius 3 is 2.33 bits per heavy atom. The minimum Gasteiger partial charge on any atom is -0.316 e. The van der Waals surface area contributed by atoms with Gasteiger partial charge in [0, 0.05) is 32.6 Å². The van der Waals surface area contributed by atoms with Crippen LogP contribution in [0.4, 0.5) is 0 Å². The number of hydrogen-bond donors (Lipinski definition) is 1. The van der Waals surface area contributed by atoms with E-state index >= 15 is 0 Å². The number of halogens is 3. The van der Waals surface area contributed by atoms with Crippen molar-refractivity contribution in [3.05, 3.63) is 86.1 Å². The largest absolute Gasteiger partial charge is 0.316 e. The van der Waals surface area contributed by atoms with Crippen molar-refractivity contribution >= 4 is 46.9 Å². The van der Waals surface area contributed by atoms with Crippen LogP contribution >= 0.6 is 34.8 Å². The maximum absolute atomic E-state index is 12.1. The van der Waals surface area contributed by atoms with Crippen LogP contribution in [0.5, 0.6) is 0 Å². The number of aromatic nitrogens is 1. The number of nitrogens with one attached hydrogen (secondary N) is 1. The second-order valence-corrected chi connectivity index (χ2v) is 7.24. The summed E-state index contributed by atoms with van der Waals surface area (Å²) in [5, 5.41) is 5.77. The van der Waals surface area contributed by atoms with Gasteiger partial charge in [0.15, 0.2) is 0 Å². The predicted molar refractivity (Wildman–Crippen MR) is 112 cm³/mol. The summed E-state index contributed by atoms with van der Waals surface area (Å²) < 4.78 is 2.01. The first kappa shape index (κ1) is 19.5. The van der Waals surface area contributed by atoms with E-state index in [2.05, 4.69) is 10.5 Å². The molecule has 0 saturated heterocycles. The smallest absolute Gasteiger partial charge is 0.271 e. The van der Waals surface area contributed by atoms with Gasteiger partial charge in [-0.25, -0.2) is 5.43 Å². The Kier molecular flexibility index (Phi) is 5.90. The summed E-state index contributed by atoms with van der Waals surface area (Å²) in [6, 6.07) is 13.9. The molecule has 0 atom stereocenters. The topological polar surface area (TPSA) is 46.4 Å². The number of carbonyl (C=O) groups is 1. The lowest BCUT2D eigenvalue weighted by atomic mass is 10.2. The molecule has 3 rings (SSSR count). The first-order valence-electron chi connectivity index (χ1n) is 8.10. The average molecular weight is 421 g/mol. The number of nitrogens with zero attached hydrogens (tertiary/aromatic N) is 2. The van der Waals surface area contributed by atoms with Gasteiger partial charge in [-0.2, -0.15) is 5.10 Å². The third-order valence-corrected chi connectivity index (χ3v) is 4.89. The van der Waals surface area contributed by atoms with E-state index in [9.17, 15) is 4.79 Å². The van der Waals surface area contributed by atoms with Gasteiger partial charge in [0.05, 0.1) is 16.9 Å². The van der Waals surface area contributed by atoms with Crippen LogP contribution in [-0.4, -0.2) is 16.7 Å². The van der Waals surface area contributed by atoms with E-state index in [1.165, 1.54) is 0 Å². The van der Waals surface area contributed by atoms with Crippen molar-refractivity contribution in [3.8, 4) is 5.69 Å². The Hall–Kier alpha value is -2.27. The van der Waals surface area contributed by atoms with Gasteiger partial charge < -0.3 is 4.57 Å². The summed E-state index contributed by atoms with van der Waals surface area (Å²) in [7, 11) is 0. The Morgan fingerprint density at radius 2 is 1.67 bits per heavy atom. The molecule has 0 unspecified atom stereocenters. The normalized spacial score (nSPS) is 11.1. The molecule has 1 aromatic heterocycles. The van der Waals surface area contributed by atoms with Crippen molar-refractivity contribution in [2.75, 3.05) is 0 Å². The molecule has 0 spiro atoms. The number of hydrogen-bond acceptors (Lipinski definition) is 2. The van der Waals surface area contributed by atoms with Crippen molar-refractivity contribution < 1.29 is 4.79 Å². The maximum Gasteiger partial charge on any atom is 0.271 e. The first-order chi connectivity index (χ1) is 12.9. The molecule has 0 aliphatic rings. The Bertz CT molecular complexity index is 1020. The van der Waals surface area contributed by atoms with E-state index in [0.717, 1.165) is 22.6 Å². The molecular weight excluding hydrogens is 405 g/mol. The van der Waals surface area contributed by atoms with E-state index < -0.39 is 0 Å². The van der Waals surface area contributed by atoms with E-state index in [-0.39, 0.29) is 5.91 Å². The van der Waals surface area contributed by atoms with Crippen molar-refractivity contribution in [3.63, 3.8) is 0 Å². The minimum atomic E-state index is -0.308. The molecule has 7 heteroatoms. The van der Waals surface area contributed by atoms with Crippen LogP contribution in [0.2, 0.25) is 15.1 Å². The molecule has 0 saturated carbocycles. The zero-order chi connectivity index (χ0) is 19.6. The summed E-state index contributed by atoms with van der Waals surface area (Å²) >= 11 is 18.1. The van der Waals surface area contributed by atoms with E-state index in [1.807, 2.05) is 30.5 Å². The van der Waals surface area contributed by atoms with Crippen LogP contribution in [0.3, 0.4) is 0 Å². The van der Waals surface area contributed by atoms with Crippen LogP contribution in [0, 0.1) is 13.8 Å². The van der Waals surface area contributed by atoms with Crippen LogP contribution in [0.15, 0.2) is 53.6 Å². The summed E-state index contributed by atoms with van der Waals surface area (Å²) in [6.45, 7) is 3.93. The van der Waals surface area contributed by atoms with Crippen LogP contribution in [0.25, 0.3) is 5.69 Å². The quantitative estimate of drug-likeness (QED) is 0.419. The number of aryl methyl sites for hydroxylation is 1. The molecule has 1 N–H and O–H groups in total. The summed E-state index contributed by atoms with van der Waals surface area (Å²) in [4.78, 5) is 12.1. The van der Waals surface area contributed by atoms with E-state index in [1.54, 1.807) is 42.6 Å². The van der Waals surface area contributed by atoms with Crippen LogP contribution in [-0.2, 0) is 0 Å². The molecule has 4 nitrogen and oxygen atoms in total. The lowest BCUT2D eigenvalue weighted by molar-refractivity contribution is 0.0955. The third kappa shape index (κ3) is 4.35. The van der Waals surface area contributed by atoms with Gasteiger partial charge in [-0.15, -0.1) is 0 Å². The van der Waals surface area contributed by atoms with Crippen molar-refractivity contribution in [2.24, 2.45) is 5.10 Å². The van der Waals surface area contributed by atoms with Gasteiger partial charge in [0.25, 0.3) is 5.91 Å². The molecule has 0 bridgehead atoms. The Labute approximate surface area is 172 Å². The first-order valence-corrected chi connectivity index (χ1v) is 9.23. The zero-order valence-electron chi connectivity index (χ0n) is 14.6. The van der Waals surface area contributed by atoms with Gasteiger partial charge in [0.1, 0.15) is 0 Å². The molecule has 0 aliphatic heterocycles. The Morgan fingerprint density at radius 1 is 1.00 bits per heavy atom. The van der Waals surface area contributed by atoms with Gasteiger partial charge in [-0.3, -0.25) is 4.79 Å². The highest BCUT2D eigenvalue weighted by atomic mass is 35.5. The van der Waals surface area contributed by atoms with Gasteiger partial charge in [-0.1, -0.05) is 34.8 Å².